The number of pyridine rings is 1. The number of carbonyl (C=O) groups excluding carboxylic acids is 3. The predicted molar refractivity (Wildman–Crippen MR) is 213 cm³/mol. The van der Waals surface area contributed by atoms with E-state index in [9.17, 15) is 24.3 Å². The quantitative estimate of drug-likeness (QED) is 0.0926. The van der Waals surface area contributed by atoms with Gasteiger partial charge in [0.1, 0.15) is 41.8 Å². The van der Waals surface area contributed by atoms with Gasteiger partial charge in [0, 0.05) is 35.4 Å². The third kappa shape index (κ3) is 8.90. The van der Waals surface area contributed by atoms with Crippen LogP contribution in [0.5, 0.6) is 23.0 Å². The van der Waals surface area contributed by atoms with Crippen molar-refractivity contribution >= 4 is 34.7 Å². The van der Waals surface area contributed by atoms with Crippen molar-refractivity contribution in [1.29, 1.82) is 0 Å². The number of carbonyl (C=O) groups is 4. The summed E-state index contributed by atoms with van der Waals surface area (Å²) in [5.74, 6) is -0.583. The Morgan fingerprint density at radius 3 is 2.35 bits per heavy atom. The Labute approximate surface area is 331 Å². The SMILES string of the molecule is C=CC1C[C@]1(NC(=O)[C@@H]1C[C@@H](Oc2cc(-c3ccccc3)nc3cc(OC)ccc23)CN1C(=O)N[C@H](C(=O)NCCOc1ccccc1OC)C(C)(C)C)C(=O)O. The molecule has 4 amide bonds. The molecule has 2 fully saturated rings. The van der Waals surface area contributed by atoms with Crippen molar-refractivity contribution in [2.75, 3.05) is 33.9 Å². The molecule has 1 unspecified atom stereocenters. The van der Waals surface area contributed by atoms with Gasteiger partial charge in [-0.05, 0) is 36.1 Å². The highest BCUT2D eigenvalue weighted by Crippen LogP contribution is 2.45. The second kappa shape index (κ2) is 16.8. The third-order valence-electron chi connectivity index (χ3n) is 10.3. The Morgan fingerprint density at radius 1 is 0.982 bits per heavy atom. The number of carboxylic acids is 1. The number of likely N-dealkylation sites (tertiary alicyclic amines) is 1. The van der Waals surface area contributed by atoms with Crippen molar-refractivity contribution in [2.45, 2.75) is 57.3 Å². The maximum absolute atomic E-state index is 14.3. The van der Waals surface area contributed by atoms with Gasteiger partial charge in [-0.1, -0.05) is 69.3 Å². The van der Waals surface area contributed by atoms with Crippen LogP contribution in [0.2, 0.25) is 0 Å². The maximum atomic E-state index is 14.3. The fourth-order valence-corrected chi connectivity index (χ4v) is 7.07. The lowest BCUT2D eigenvalue weighted by Crippen LogP contribution is -2.59. The van der Waals surface area contributed by atoms with Gasteiger partial charge in [-0.25, -0.2) is 14.6 Å². The Morgan fingerprint density at radius 2 is 1.70 bits per heavy atom. The number of rotatable bonds is 15. The second-order valence-electron chi connectivity index (χ2n) is 15.2. The number of aromatic nitrogens is 1. The Bertz CT molecular complexity index is 2140. The minimum Gasteiger partial charge on any atom is -0.497 e. The molecular weight excluding hydrogens is 730 g/mol. The zero-order chi connectivity index (χ0) is 40.9. The van der Waals surface area contributed by atoms with Crippen LogP contribution in [0.3, 0.4) is 0 Å². The van der Waals surface area contributed by atoms with Crippen molar-refractivity contribution in [3.05, 3.63) is 91.5 Å². The van der Waals surface area contributed by atoms with Crippen LogP contribution in [-0.2, 0) is 14.4 Å². The normalized spacial score (nSPS) is 20.5. The molecule has 57 heavy (non-hydrogen) atoms. The average molecular weight is 780 g/mol. The minimum absolute atomic E-state index is 0.0409. The van der Waals surface area contributed by atoms with Gasteiger partial charge in [-0.3, -0.25) is 9.59 Å². The molecule has 300 valence electrons. The summed E-state index contributed by atoms with van der Waals surface area (Å²) in [6.07, 6.45) is 1.02. The molecule has 1 saturated heterocycles. The molecule has 2 aliphatic rings. The number of carboxylic acid groups (broad SMARTS) is 1. The zero-order valence-corrected chi connectivity index (χ0v) is 32.7. The van der Waals surface area contributed by atoms with Gasteiger partial charge in [0.2, 0.25) is 11.8 Å². The maximum Gasteiger partial charge on any atom is 0.330 e. The number of hydrogen-bond acceptors (Lipinski definition) is 9. The van der Waals surface area contributed by atoms with Gasteiger partial charge < -0.3 is 44.9 Å². The van der Waals surface area contributed by atoms with Crippen LogP contribution in [0.15, 0.2) is 91.5 Å². The van der Waals surface area contributed by atoms with E-state index in [1.807, 2.05) is 75.4 Å². The molecule has 4 aromatic rings. The first-order chi connectivity index (χ1) is 27.3. The lowest BCUT2D eigenvalue weighted by molar-refractivity contribution is -0.144. The number of aliphatic carboxylic acids is 1. The summed E-state index contributed by atoms with van der Waals surface area (Å²) in [5, 5.41) is 19.2. The Balaban J connectivity index is 1.24. The van der Waals surface area contributed by atoms with Gasteiger partial charge in [-0.2, -0.15) is 0 Å². The molecule has 0 radical (unpaired) electrons. The van der Waals surface area contributed by atoms with E-state index >= 15 is 0 Å². The van der Waals surface area contributed by atoms with E-state index in [-0.39, 0.29) is 32.5 Å². The summed E-state index contributed by atoms with van der Waals surface area (Å²) in [6.45, 7) is 9.41. The number of ether oxygens (including phenoxy) is 4. The van der Waals surface area contributed by atoms with Crippen molar-refractivity contribution in [1.82, 2.24) is 25.8 Å². The largest absolute Gasteiger partial charge is 0.497 e. The summed E-state index contributed by atoms with van der Waals surface area (Å²) in [4.78, 5) is 60.5. The van der Waals surface area contributed by atoms with E-state index < -0.39 is 58.9 Å². The van der Waals surface area contributed by atoms with E-state index in [1.165, 1.54) is 18.1 Å². The molecule has 14 nitrogen and oxygen atoms in total. The average Bonchev–Trinajstić information content (AvgIpc) is 3.77. The van der Waals surface area contributed by atoms with Crippen molar-refractivity contribution in [2.24, 2.45) is 11.3 Å². The number of urea groups is 1. The Hall–Kier alpha value is -6.31. The van der Waals surface area contributed by atoms with Gasteiger partial charge in [0.25, 0.3) is 0 Å². The molecular formula is C43H49N5O9. The summed E-state index contributed by atoms with van der Waals surface area (Å²) >= 11 is 0. The molecule has 0 bridgehead atoms. The van der Waals surface area contributed by atoms with Gasteiger partial charge in [0.15, 0.2) is 11.5 Å². The fraction of sp³-hybridized carbons (Fsp3) is 0.372. The van der Waals surface area contributed by atoms with Crippen LogP contribution in [0.4, 0.5) is 4.79 Å². The molecule has 1 aromatic heterocycles. The zero-order valence-electron chi connectivity index (χ0n) is 32.7. The first-order valence-electron chi connectivity index (χ1n) is 18.8. The molecule has 1 aliphatic heterocycles. The highest BCUT2D eigenvalue weighted by atomic mass is 16.5. The molecule has 6 rings (SSSR count). The van der Waals surface area contributed by atoms with Crippen LogP contribution >= 0.6 is 0 Å². The summed E-state index contributed by atoms with van der Waals surface area (Å²) in [6, 6.07) is 21.2. The number of methoxy groups -OCH3 is 2. The molecule has 1 saturated carbocycles. The summed E-state index contributed by atoms with van der Waals surface area (Å²) in [5.41, 5.74) is -0.152. The van der Waals surface area contributed by atoms with E-state index in [4.69, 9.17) is 23.9 Å². The molecule has 5 atom stereocenters. The number of fused-ring (bicyclic) bond motifs is 1. The van der Waals surface area contributed by atoms with Crippen LogP contribution in [-0.4, -0.2) is 96.4 Å². The third-order valence-corrected chi connectivity index (χ3v) is 10.3. The fourth-order valence-electron chi connectivity index (χ4n) is 7.07. The lowest BCUT2D eigenvalue weighted by atomic mass is 9.86. The van der Waals surface area contributed by atoms with Gasteiger partial charge in [-0.15, -0.1) is 6.58 Å². The number of hydrogen-bond donors (Lipinski definition) is 4. The first-order valence-corrected chi connectivity index (χ1v) is 18.8. The van der Waals surface area contributed by atoms with Crippen LogP contribution < -0.4 is 34.9 Å². The minimum atomic E-state index is -1.52. The van der Waals surface area contributed by atoms with Crippen LogP contribution in [0.25, 0.3) is 22.2 Å². The lowest BCUT2D eigenvalue weighted by Gasteiger charge is -2.33. The summed E-state index contributed by atoms with van der Waals surface area (Å²) < 4.78 is 23.2. The smallest absolute Gasteiger partial charge is 0.330 e. The highest BCUT2D eigenvalue weighted by Gasteiger charge is 2.61. The molecule has 1 aliphatic carbocycles. The summed E-state index contributed by atoms with van der Waals surface area (Å²) in [7, 11) is 3.11. The van der Waals surface area contributed by atoms with E-state index in [0.717, 1.165) is 5.56 Å². The monoisotopic (exact) mass is 779 g/mol. The van der Waals surface area contributed by atoms with E-state index in [0.29, 0.717) is 39.6 Å². The standard InChI is InChI=1S/C43H49N5O9/c1-7-27-24-43(27,40(51)52)47-38(49)33-22-29(57-36-23-31(26-13-9-8-10-14-26)45-32-21-28(54-5)17-18-30(32)36)25-48(33)41(53)46-37(42(2,3)4)39(50)44-19-20-56-35-16-12-11-15-34(35)55-6/h7-18,21,23,27,29,33,37H,1,19-20,22,24-25H2,2-6H3,(H,44,50)(H,46,53)(H,47,49)(H,51,52)/t27?,29-,33+,37-,43-/m1/s1. The van der Waals surface area contributed by atoms with E-state index in [2.05, 4.69) is 22.5 Å². The first kappa shape index (κ1) is 40.4. The topological polar surface area (TPSA) is 178 Å². The molecule has 0 spiro atoms. The molecule has 4 N–H and O–H groups in total. The van der Waals surface area contributed by atoms with Crippen molar-refractivity contribution in [3.63, 3.8) is 0 Å². The van der Waals surface area contributed by atoms with Crippen molar-refractivity contribution < 1.29 is 43.2 Å². The number of para-hydroxylation sites is 2. The Kier molecular flexibility index (Phi) is 11.9. The van der Waals surface area contributed by atoms with Crippen molar-refractivity contribution in [3.8, 4) is 34.3 Å². The second-order valence-corrected chi connectivity index (χ2v) is 15.2. The number of nitrogens with one attached hydrogen (secondary N) is 3. The van der Waals surface area contributed by atoms with E-state index in [1.54, 1.807) is 31.4 Å². The number of benzene rings is 3. The highest BCUT2D eigenvalue weighted by molar-refractivity contribution is 5.95. The molecule has 14 heteroatoms. The number of amides is 4. The molecule has 2 heterocycles. The molecule has 3 aromatic carbocycles. The predicted octanol–water partition coefficient (Wildman–Crippen LogP) is 5.21. The van der Waals surface area contributed by atoms with Gasteiger partial charge in [0.05, 0.1) is 38.5 Å². The van der Waals surface area contributed by atoms with Crippen LogP contribution in [0, 0.1) is 11.3 Å². The van der Waals surface area contributed by atoms with Crippen LogP contribution in [0.1, 0.15) is 33.6 Å². The number of nitrogens with zero attached hydrogens (tertiary/aromatic N) is 2. The van der Waals surface area contributed by atoms with Gasteiger partial charge >= 0.3 is 12.0 Å².